The van der Waals surface area contributed by atoms with Gasteiger partial charge in [0.25, 0.3) is 6.47 Å². The Labute approximate surface area is 160 Å². The molecule has 1 saturated heterocycles. The van der Waals surface area contributed by atoms with Crippen LogP contribution in [0.2, 0.25) is 0 Å². The van der Waals surface area contributed by atoms with Crippen LogP contribution in [0.15, 0.2) is 36.7 Å². The summed E-state index contributed by atoms with van der Waals surface area (Å²) in [6, 6.07) is 8.32. The number of anilines is 1. The Morgan fingerprint density at radius 2 is 2.00 bits per heavy atom. The third kappa shape index (κ3) is 4.62. The van der Waals surface area contributed by atoms with Gasteiger partial charge in [-0.3, -0.25) is 14.7 Å². The number of carbonyl (C=O) groups excluding carboxylic acids is 1. The fourth-order valence-electron chi connectivity index (χ4n) is 3.09. The van der Waals surface area contributed by atoms with E-state index in [9.17, 15) is 4.79 Å². The lowest BCUT2D eigenvalue weighted by atomic mass is 10.1. The summed E-state index contributed by atoms with van der Waals surface area (Å²) in [5, 5.41) is 14.8. The first-order valence-electron chi connectivity index (χ1n) is 8.65. The Hall–Kier alpha value is -2.94. The molecule has 0 bridgehead atoms. The molecule has 1 fully saturated rings. The molecule has 2 N–H and O–H groups in total. The highest BCUT2D eigenvalue weighted by atomic mass is 32.1. The van der Waals surface area contributed by atoms with Crippen LogP contribution in [0, 0.1) is 0 Å². The first kappa shape index (κ1) is 18.8. The molecule has 0 spiro atoms. The Bertz CT molecular complexity index is 872. The number of hydrogen-bond acceptors (Lipinski definition) is 6. The van der Waals surface area contributed by atoms with Crippen LogP contribution in [0.1, 0.15) is 12.0 Å². The normalized spacial score (nSPS) is 13.9. The predicted octanol–water partition coefficient (Wildman–Crippen LogP) is 2.00. The van der Waals surface area contributed by atoms with E-state index in [2.05, 4.69) is 37.7 Å². The van der Waals surface area contributed by atoms with Crippen LogP contribution in [0.5, 0.6) is 0 Å². The van der Waals surface area contributed by atoms with Gasteiger partial charge in [0.1, 0.15) is 5.82 Å². The molecule has 0 saturated carbocycles. The van der Waals surface area contributed by atoms with E-state index in [-0.39, 0.29) is 12.4 Å². The standard InChI is InChI=1S/C17H19N5OS.CH2O2/c23-16(6-5-13-11-18-19-12-13)21-7-9-22(10-8-21)17-14-3-1-2-4-15(14)24-20-17;2-1-3/h1-4,11-12H,5-10H2,(H,18,19);1H,(H,2,3). The van der Waals surface area contributed by atoms with Crippen molar-refractivity contribution < 1.29 is 14.7 Å². The molecule has 0 unspecified atom stereocenters. The molecule has 3 heterocycles. The van der Waals surface area contributed by atoms with Crippen LogP contribution < -0.4 is 4.90 Å². The van der Waals surface area contributed by atoms with Crippen molar-refractivity contribution in [3.05, 3.63) is 42.2 Å². The van der Waals surface area contributed by atoms with E-state index >= 15 is 0 Å². The zero-order chi connectivity index (χ0) is 19.1. The highest BCUT2D eigenvalue weighted by Gasteiger charge is 2.23. The summed E-state index contributed by atoms with van der Waals surface area (Å²) >= 11 is 1.54. The Kier molecular flexibility index (Phi) is 6.37. The third-order valence-corrected chi connectivity index (χ3v) is 5.29. The third-order valence-electron chi connectivity index (χ3n) is 4.47. The zero-order valence-electron chi connectivity index (χ0n) is 14.7. The number of amides is 1. The number of benzene rings is 1. The number of piperazine rings is 1. The maximum Gasteiger partial charge on any atom is 0.290 e. The average Bonchev–Trinajstić information content (AvgIpc) is 3.37. The number of fused-ring (bicyclic) bond motifs is 1. The Morgan fingerprint density at radius 1 is 1.26 bits per heavy atom. The molecule has 9 heteroatoms. The lowest BCUT2D eigenvalue weighted by Crippen LogP contribution is -2.49. The molecule has 0 aliphatic carbocycles. The zero-order valence-corrected chi connectivity index (χ0v) is 15.6. The van der Waals surface area contributed by atoms with Gasteiger partial charge >= 0.3 is 0 Å². The number of aromatic nitrogens is 3. The number of aromatic amines is 1. The van der Waals surface area contributed by atoms with Gasteiger partial charge in [0, 0.05) is 44.2 Å². The van der Waals surface area contributed by atoms with Crippen molar-refractivity contribution in [2.45, 2.75) is 12.8 Å². The SMILES string of the molecule is O=C(CCc1cn[nH]c1)N1CCN(c2nsc3ccccc23)CC1.O=CO. The lowest BCUT2D eigenvalue weighted by Gasteiger charge is -2.35. The average molecular weight is 387 g/mol. The van der Waals surface area contributed by atoms with E-state index in [4.69, 9.17) is 9.90 Å². The highest BCUT2D eigenvalue weighted by molar-refractivity contribution is 7.13. The van der Waals surface area contributed by atoms with Crippen molar-refractivity contribution in [3.8, 4) is 0 Å². The molecule has 142 valence electrons. The number of carboxylic acid groups (broad SMARTS) is 1. The van der Waals surface area contributed by atoms with Crippen LogP contribution in [0.4, 0.5) is 5.82 Å². The van der Waals surface area contributed by atoms with Crippen molar-refractivity contribution in [1.82, 2.24) is 19.5 Å². The van der Waals surface area contributed by atoms with Crippen LogP contribution in [0.25, 0.3) is 10.1 Å². The van der Waals surface area contributed by atoms with Gasteiger partial charge in [-0.2, -0.15) is 9.47 Å². The van der Waals surface area contributed by atoms with Crippen LogP contribution in [0.3, 0.4) is 0 Å². The first-order chi connectivity index (χ1) is 13.2. The predicted molar refractivity (Wildman–Crippen MR) is 104 cm³/mol. The van der Waals surface area contributed by atoms with Crippen molar-refractivity contribution in [2.75, 3.05) is 31.1 Å². The smallest absolute Gasteiger partial charge is 0.290 e. The van der Waals surface area contributed by atoms with E-state index < -0.39 is 0 Å². The lowest BCUT2D eigenvalue weighted by molar-refractivity contribution is -0.131. The molecule has 1 aliphatic rings. The van der Waals surface area contributed by atoms with E-state index in [1.165, 1.54) is 10.1 Å². The highest BCUT2D eigenvalue weighted by Crippen LogP contribution is 2.29. The minimum absolute atomic E-state index is 0.221. The minimum atomic E-state index is -0.250. The molecular formula is C18H21N5O3S. The number of rotatable bonds is 4. The first-order valence-corrected chi connectivity index (χ1v) is 9.43. The van der Waals surface area contributed by atoms with E-state index in [0.29, 0.717) is 6.42 Å². The maximum absolute atomic E-state index is 12.4. The van der Waals surface area contributed by atoms with Crippen LogP contribution >= 0.6 is 11.5 Å². The fraction of sp³-hybridized carbons (Fsp3) is 0.333. The summed E-state index contributed by atoms with van der Waals surface area (Å²) in [6.07, 6.45) is 4.91. The summed E-state index contributed by atoms with van der Waals surface area (Å²) < 4.78 is 5.83. The Morgan fingerprint density at radius 3 is 2.70 bits per heavy atom. The fourth-order valence-corrected chi connectivity index (χ4v) is 3.89. The number of nitrogens with one attached hydrogen (secondary N) is 1. The van der Waals surface area contributed by atoms with Gasteiger partial charge in [0.15, 0.2) is 0 Å². The van der Waals surface area contributed by atoms with E-state index in [0.717, 1.165) is 44.0 Å². The summed E-state index contributed by atoms with van der Waals surface area (Å²) in [7, 11) is 0. The number of nitrogens with zero attached hydrogens (tertiary/aromatic N) is 4. The van der Waals surface area contributed by atoms with Gasteiger partial charge in [0.05, 0.1) is 10.9 Å². The van der Waals surface area contributed by atoms with Crippen molar-refractivity contribution in [3.63, 3.8) is 0 Å². The number of H-pyrrole nitrogens is 1. The molecular weight excluding hydrogens is 366 g/mol. The minimum Gasteiger partial charge on any atom is -0.483 e. The molecule has 4 rings (SSSR count). The summed E-state index contributed by atoms with van der Waals surface area (Å²) in [5.41, 5.74) is 1.08. The molecule has 1 amide bonds. The molecule has 2 aromatic heterocycles. The quantitative estimate of drug-likeness (QED) is 0.664. The van der Waals surface area contributed by atoms with Gasteiger partial charge in [-0.15, -0.1) is 0 Å². The molecule has 1 aromatic carbocycles. The number of aryl methyl sites for hydroxylation is 1. The van der Waals surface area contributed by atoms with Crippen molar-refractivity contribution >= 4 is 39.8 Å². The largest absolute Gasteiger partial charge is 0.483 e. The van der Waals surface area contributed by atoms with Gasteiger partial charge in [-0.1, -0.05) is 12.1 Å². The molecule has 8 nitrogen and oxygen atoms in total. The summed E-state index contributed by atoms with van der Waals surface area (Å²) in [4.78, 5) is 25.0. The van der Waals surface area contributed by atoms with Crippen molar-refractivity contribution in [1.29, 1.82) is 0 Å². The molecule has 1 aliphatic heterocycles. The van der Waals surface area contributed by atoms with E-state index in [1.54, 1.807) is 17.7 Å². The van der Waals surface area contributed by atoms with Crippen LogP contribution in [-0.2, 0) is 16.0 Å². The summed E-state index contributed by atoms with van der Waals surface area (Å²) in [5.74, 6) is 1.28. The molecule has 3 aromatic rings. The van der Waals surface area contributed by atoms with Gasteiger partial charge in [-0.05, 0) is 35.6 Å². The Balaban J connectivity index is 0.000000659. The van der Waals surface area contributed by atoms with Gasteiger partial charge in [-0.25, -0.2) is 0 Å². The van der Waals surface area contributed by atoms with Crippen molar-refractivity contribution in [2.24, 2.45) is 0 Å². The second kappa shape index (κ2) is 9.13. The topological polar surface area (TPSA) is 102 Å². The molecule has 0 radical (unpaired) electrons. The molecule has 0 atom stereocenters. The molecule has 27 heavy (non-hydrogen) atoms. The second-order valence-electron chi connectivity index (χ2n) is 6.08. The monoisotopic (exact) mass is 387 g/mol. The van der Waals surface area contributed by atoms with E-state index in [1.807, 2.05) is 17.2 Å². The van der Waals surface area contributed by atoms with Gasteiger partial charge < -0.3 is 14.9 Å². The maximum atomic E-state index is 12.4. The number of carbonyl (C=O) groups is 2. The van der Waals surface area contributed by atoms with Crippen LogP contribution in [-0.4, -0.2) is 63.1 Å². The van der Waals surface area contributed by atoms with Gasteiger partial charge in [0.2, 0.25) is 5.91 Å². The summed E-state index contributed by atoms with van der Waals surface area (Å²) in [6.45, 7) is 2.95. The number of hydrogen-bond donors (Lipinski definition) is 2. The second-order valence-corrected chi connectivity index (χ2v) is 6.89.